The molecule has 4 rings (SSSR count). The van der Waals surface area contributed by atoms with Crippen molar-refractivity contribution in [1.29, 1.82) is 0 Å². The van der Waals surface area contributed by atoms with Gasteiger partial charge in [-0.05, 0) is 94.8 Å². The fraction of sp³-hybridized carbons (Fsp3) is 0.207. The first-order valence-corrected chi connectivity index (χ1v) is 11.9. The lowest BCUT2D eigenvalue weighted by Crippen LogP contribution is -2.23. The number of hydrogen-bond acceptors (Lipinski definition) is 5. The minimum Gasteiger partial charge on any atom is -0.494 e. The van der Waals surface area contributed by atoms with Gasteiger partial charge in [-0.25, -0.2) is 9.18 Å². The number of nitrogens with zero attached hydrogens (tertiary/aromatic N) is 1. The van der Waals surface area contributed by atoms with Crippen LogP contribution in [0.15, 0.2) is 54.4 Å². The van der Waals surface area contributed by atoms with E-state index in [1.807, 2.05) is 26.0 Å². The SMILES string of the molecule is COc1cc(C=C2C(C)=C(CC(=O)NCc3cnccc3C)c3cc(F)ccc32)cc(OC)c1NC(N)=O. The van der Waals surface area contributed by atoms with Crippen LogP contribution in [0.1, 0.15) is 41.2 Å². The zero-order valence-corrected chi connectivity index (χ0v) is 21.6. The second-order valence-electron chi connectivity index (χ2n) is 8.90. The van der Waals surface area contributed by atoms with Gasteiger partial charge < -0.3 is 25.8 Å². The van der Waals surface area contributed by atoms with Crippen LogP contribution < -0.4 is 25.8 Å². The van der Waals surface area contributed by atoms with E-state index >= 15 is 0 Å². The summed E-state index contributed by atoms with van der Waals surface area (Å²) in [7, 11) is 2.95. The summed E-state index contributed by atoms with van der Waals surface area (Å²) in [5.41, 5.74) is 12.2. The second kappa shape index (κ2) is 11.2. The minimum absolute atomic E-state index is 0.0903. The number of benzene rings is 2. The molecule has 0 unspecified atom stereocenters. The Balaban J connectivity index is 1.69. The fourth-order valence-corrected chi connectivity index (χ4v) is 4.51. The maximum atomic E-state index is 14.3. The van der Waals surface area contributed by atoms with Gasteiger partial charge >= 0.3 is 6.03 Å². The van der Waals surface area contributed by atoms with Crippen molar-refractivity contribution in [3.05, 3.63) is 88.0 Å². The van der Waals surface area contributed by atoms with E-state index < -0.39 is 6.03 Å². The van der Waals surface area contributed by atoms with E-state index in [1.54, 1.807) is 30.6 Å². The second-order valence-corrected chi connectivity index (χ2v) is 8.90. The van der Waals surface area contributed by atoms with Crippen molar-refractivity contribution in [1.82, 2.24) is 10.3 Å². The van der Waals surface area contributed by atoms with Gasteiger partial charge in [-0.15, -0.1) is 0 Å². The van der Waals surface area contributed by atoms with Crippen molar-refractivity contribution >= 4 is 34.8 Å². The van der Waals surface area contributed by atoms with Crippen LogP contribution >= 0.6 is 0 Å². The lowest BCUT2D eigenvalue weighted by molar-refractivity contribution is -0.120. The van der Waals surface area contributed by atoms with Gasteiger partial charge in [-0.3, -0.25) is 9.78 Å². The Kier molecular flexibility index (Phi) is 7.76. The van der Waals surface area contributed by atoms with Crippen LogP contribution in [0.25, 0.3) is 17.2 Å². The summed E-state index contributed by atoms with van der Waals surface area (Å²) >= 11 is 0. The molecule has 1 aromatic heterocycles. The number of anilines is 1. The molecule has 0 saturated carbocycles. The average Bonchev–Trinajstić information content (AvgIpc) is 3.13. The quantitative estimate of drug-likeness (QED) is 0.387. The first-order chi connectivity index (χ1) is 18.2. The standard InChI is InChI=1S/C29H29FN4O4/c1-16-7-8-32-14-19(16)15-33-27(35)13-23-17(2)22(21-6-5-20(30)12-24(21)23)9-18-10-25(37-3)28(34-29(31)36)26(11-18)38-4/h5-12,14H,13,15H2,1-4H3,(H,33,35)(H3,31,34,36). The van der Waals surface area contributed by atoms with Crippen molar-refractivity contribution in [2.45, 2.75) is 26.8 Å². The van der Waals surface area contributed by atoms with Crippen LogP contribution in [0.2, 0.25) is 0 Å². The molecule has 1 aliphatic rings. The average molecular weight is 517 g/mol. The van der Waals surface area contributed by atoms with Gasteiger partial charge in [-0.2, -0.15) is 0 Å². The van der Waals surface area contributed by atoms with Gasteiger partial charge in [0.25, 0.3) is 0 Å². The molecule has 0 aliphatic heterocycles. The van der Waals surface area contributed by atoms with Gasteiger partial charge in [-0.1, -0.05) is 6.07 Å². The first-order valence-electron chi connectivity index (χ1n) is 11.9. The number of ether oxygens (including phenoxy) is 2. The lowest BCUT2D eigenvalue weighted by Gasteiger charge is -2.15. The molecule has 0 radical (unpaired) electrons. The van der Waals surface area contributed by atoms with Gasteiger partial charge in [0, 0.05) is 18.9 Å². The Labute approximate surface area is 220 Å². The summed E-state index contributed by atoms with van der Waals surface area (Å²) < 4.78 is 25.2. The van der Waals surface area contributed by atoms with E-state index in [-0.39, 0.29) is 18.1 Å². The number of primary amides is 1. The molecule has 2 aromatic carbocycles. The smallest absolute Gasteiger partial charge is 0.316 e. The van der Waals surface area contributed by atoms with Crippen molar-refractivity contribution in [2.24, 2.45) is 5.73 Å². The predicted octanol–water partition coefficient (Wildman–Crippen LogP) is 5.07. The third kappa shape index (κ3) is 5.51. The molecule has 38 heavy (non-hydrogen) atoms. The van der Waals surface area contributed by atoms with Crippen molar-refractivity contribution in [3.63, 3.8) is 0 Å². The highest BCUT2D eigenvalue weighted by Gasteiger charge is 2.26. The summed E-state index contributed by atoms with van der Waals surface area (Å²) in [4.78, 5) is 28.5. The summed E-state index contributed by atoms with van der Waals surface area (Å²) in [6.07, 6.45) is 5.44. The lowest BCUT2D eigenvalue weighted by atomic mass is 10.00. The summed E-state index contributed by atoms with van der Waals surface area (Å²) in [5.74, 6) is 0.162. The van der Waals surface area contributed by atoms with Gasteiger partial charge in [0.1, 0.15) is 23.0 Å². The van der Waals surface area contributed by atoms with E-state index in [0.29, 0.717) is 29.3 Å². The molecule has 0 atom stereocenters. The fourth-order valence-electron chi connectivity index (χ4n) is 4.51. The Morgan fingerprint density at radius 2 is 1.76 bits per heavy atom. The third-order valence-electron chi connectivity index (χ3n) is 6.50. The molecule has 0 fully saturated rings. The number of nitrogens with two attached hydrogens (primary N) is 1. The third-order valence-corrected chi connectivity index (χ3v) is 6.50. The molecular formula is C29H29FN4O4. The van der Waals surface area contributed by atoms with E-state index in [0.717, 1.165) is 39.0 Å². The van der Waals surface area contributed by atoms with E-state index in [2.05, 4.69) is 15.6 Å². The molecule has 8 nitrogen and oxygen atoms in total. The van der Waals surface area contributed by atoms with Crippen LogP contribution in [-0.2, 0) is 11.3 Å². The molecule has 9 heteroatoms. The highest BCUT2D eigenvalue weighted by molar-refractivity contribution is 6.08. The van der Waals surface area contributed by atoms with Crippen molar-refractivity contribution in [2.75, 3.05) is 19.5 Å². The van der Waals surface area contributed by atoms with Crippen LogP contribution in [0, 0.1) is 12.7 Å². The maximum absolute atomic E-state index is 14.3. The van der Waals surface area contributed by atoms with Crippen LogP contribution in [0.5, 0.6) is 11.5 Å². The molecule has 3 aromatic rings. The van der Waals surface area contributed by atoms with Crippen LogP contribution in [0.4, 0.5) is 14.9 Å². The topological polar surface area (TPSA) is 116 Å². The molecule has 1 heterocycles. The van der Waals surface area contributed by atoms with E-state index in [1.165, 1.54) is 26.4 Å². The van der Waals surface area contributed by atoms with Gasteiger partial charge in [0.15, 0.2) is 0 Å². The monoisotopic (exact) mass is 516 g/mol. The number of urea groups is 1. The number of methoxy groups -OCH3 is 2. The van der Waals surface area contributed by atoms with Crippen LogP contribution in [-0.4, -0.2) is 31.1 Å². The summed E-state index contributed by atoms with van der Waals surface area (Å²) in [6, 6.07) is 9.17. The number of nitrogens with one attached hydrogen (secondary N) is 2. The highest BCUT2D eigenvalue weighted by Crippen LogP contribution is 2.45. The Hall–Kier alpha value is -4.66. The van der Waals surface area contributed by atoms with Crippen LogP contribution in [0.3, 0.4) is 0 Å². The number of halogens is 1. The first kappa shape index (κ1) is 26.4. The molecule has 0 spiro atoms. The maximum Gasteiger partial charge on any atom is 0.316 e. The van der Waals surface area contributed by atoms with Gasteiger partial charge in [0.05, 0.1) is 20.6 Å². The molecule has 196 valence electrons. The van der Waals surface area contributed by atoms with Crippen molar-refractivity contribution in [3.8, 4) is 11.5 Å². The van der Waals surface area contributed by atoms with Crippen molar-refractivity contribution < 1.29 is 23.5 Å². The number of hydrogen-bond donors (Lipinski definition) is 3. The number of rotatable bonds is 8. The summed E-state index contributed by atoms with van der Waals surface area (Å²) in [6.45, 7) is 4.23. The number of carbonyl (C=O) groups is 2. The molecule has 3 amide bonds. The summed E-state index contributed by atoms with van der Waals surface area (Å²) in [5, 5.41) is 5.47. The van der Waals surface area contributed by atoms with Gasteiger partial charge in [0.2, 0.25) is 5.91 Å². The number of aromatic nitrogens is 1. The Morgan fingerprint density at radius 1 is 1.05 bits per heavy atom. The molecule has 0 bridgehead atoms. The Morgan fingerprint density at radius 3 is 2.39 bits per heavy atom. The number of fused-ring (bicyclic) bond motifs is 1. The largest absolute Gasteiger partial charge is 0.494 e. The zero-order valence-electron chi connectivity index (χ0n) is 21.6. The highest BCUT2D eigenvalue weighted by atomic mass is 19.1. The molecule has 4 N–H and O–H groups in total. The Bertz CT molecular complexity index is 1450. The molecule has 1 aliphatic carbocycles. The number of allylic oxidation sites excluding steroid dienone is 2. The number of aryl methyl sites for hydroxylation is 1. The molecular weight excluding hydrogens is 487 g/mol. The number of pyridine rings is 1. The number of amides is 3. The molecule has 0 saturated heterocycles. The predicted molar refractivity (Wildman–Crippen MR) is 145 cm³/mol. The number of carbonyl (C=O) groups excluding carboxylic acids is 2. The minimum atomic E-state index is -0.750. The van der Waals surface area contributed by atoms with E-state index in [4.69, 9.17) is 15.2 Å². The van der Waals surface area contributed by atoms with E-state index in [9.17, 15) is 14.0 Å². The normalized spacial score (nSPS) is 13.3. The zero-order chi connectivity index (χ0) is 27.4.